The highest BCUT2D eigenvalue weighted by Gasteiger charge is 2.47. The van der Waals surface area contributed by atoms with Crippen molar-refractivity contribution in [1.82, 2.24) is 0 Å². The molecule has 5 nitrogen and oxygen atoms in total. The van der Waals surface area contributed by atoms with E-state index in [2.05, 4.69) is 20.7 Å². The molecule has 440 valence electrons. The van der Waals surface area contributed by atoms with Gasteiger partial charge in [-0.2, -0.15) is 132 Å². The minimum atomic E-state index is -6.13. The molecule has 0 saturated carbocycles. The number of rotatable bonds is 11. The Morgan fingerprint density at radius 2 is 0.735 bits per heavy atom. The SMILES string of the molecule is FC(F)(F)c1cc([B-](c2cc(C(F)(F)F)cc(C(F)(F)F)c2)(c2cc(C(F)(F)F)cc(C(F)(F)F)c2)c2cc(C(F)(F)F)cc(C(F)(F)F)c2)cc(C(F)(F)F)c1.[N-]=[N+]=NCC=CCc1ccc2ccccc2[n+]1CC(=O)c1ccccc1. The van der Waals surface area contributed by atoms with E-state index in [0.29, 0.717) is 18.5 Å². The summed E-state index contributed by atoms with van der Waals surface area (Å²) >= 11 is 0. The molecule has 0 amide bonds. The van der Waals surface area contributed by atoms with Crippen molar-refractivity contribution in [2.24, 2.45) is 5.11 Å². The number of carbonyl (C=O) groups excluding carboxylic acids is 1. The molecule has 83 heavy (non-hydrogen) atoms. The van der Waals surface area contributed by atoms with Crippen LogP contribution in [0.3, 0.4) is 0 Å². The number of azide groups is 1. The first-order valence-electron chi connectivity index (χ1n) is 23.1. The molecule has 0 atom stereocenters. The first kappa shape index (κ1) is 64.0. The maximum atomic E-state index is 14.2. The van der Waals surface area contributed by atoms with E-state index in [1.807, 2.05) is 72.8 Å². The predicted octanol–water partition coefficient (Wildman–Crippen LogP) is 15.6. The quantitative estimate of drug-likeness (QED) is 0.0186. The Hall–Kier alpha value is -8.17. The van der Waals surface area contributed by atoms with Gasteiger partial charge in [-0.15, -0.1) is 0 Å². The third-order valence-corrected chi connectivity index (χ3v) is 12.6. The van der Waals surface area contributed by atoms with Crippen LogP contribution in [0.2, 0.25) is 0 Å². The first-order chi connectivity index (χ1) is 38.1. The van der Waals surface area contributed by atoms with E-state index in [0.717, 1.165) is 16.6 Å². The number of aromatic nitrogens is 1. The Kier molecular flexibility index (Phi) is 17.9. The van der Waals surface area contributed by atoms with Gasteiger partial charge < -0.3 is 0 Å². The highest BCUT2D eigenvalue weighted by Crippen LogP contribution is 2.41. The number of nitrogens with zero attached hydrogens (tertiary/aromatic N) is 4. The summed E-state index contributed by atoms with van der Waals surface area (Å²) in [6.45, 7) is 0.609. The highest BCUT2D eigenvalue weighted by molar-refractivity contribution is 7.20. The number of para-hydroxylation sites is 1. The Morgan fingerprint density at radius 3 is 1.05 bits per heavy atom. The standard InChI is InChI=1S/C32H12BF24.C21H19N4O/c34-25(35,36)13-1-14(26(37,38)39)6-21(5-13)33(22-7-15(27(40,41)42)2-16(8-22)28(43,44)45,23-9-17(29(46,47)48)3-18(10-23)30(49,50)51)24-11-19(31(52,53)54)4-20(12-24)32(55,56)57;22-24-23-15-7-6-11-19-14-13-17-8-4-5-12-20(17)25(19)16-21(26)18-9-2-1-3-10-18/h1-12H;1-10,12-14H,11,15-16H2/q-1;+1. The molecule has 6 aromatic carbocycles. The molecular formula is C53H31BF24N4O. The molecule has 1 aromatic heterocycles. The lowest BCUT2D eigenvalue weighted by Gasteiger charge is -2.46. The van der Waals surface area contributed by atoms with Crippen LogP contribution >= 0.6 is 0 Å². The van der Waals surface area contributed by atoms with Crippen molar-refractivity contribution in [3.63, 3.8) is 0 Å². The fourth-order valence-corrected chi connectivity index (χ4v) is 8.96. The summed E-state index contributed by atoms with van der Waals surface area (Å²) in [7, 11) is 0. The number of fused-ring (bicyclic) bond motifs is 1. The third-order valence-electron chi connectivity index (χ3n) is 12.6. The number of allylic oxidation sites excluding steroid dienone is 1. The van der Waals surface area contributed by atoms with Crippen LogP contribution in [0.4, 0.5) is 105 Å². The first-order valence-corrected chi connectivity index (χ1v) is 23.1. The van der Waals surface area contributed by atoms with Gasteiger partial charge >= 0.3 is 49.4 Å². The topological polar surface area (TPSA) is 69.7 Å². The summed E-state index contributed by atoms with van der Waals surface area (Å²) in [6, 6.07) is 12.7. The molecule has 0 aliphatic heterocycles. The summed E-state index contributed by atoms with van der Waals surface area (Å²) < 4.78 is 343. The summed E-state index contributed by atoms with van der Waals surface area (Å²) in [5.74, 6) is 0.0752. The number of alkyl halides is 24. The van der Waals surface area contributed by atoms with Crippen LogP contribution in [0.25, 0.3) is 21.3 Å². The fourth-order valence-electron chi connectivity index (χ4n) is 8.96. The molecule has 7 aromatic rings. The molecule has 0 fully saturated rings. The molecule has 0 N–H and O–H groups in total. The molecule has 0 bridgehead atoms. The van der Waals surface area contributed by atoms with Gasteiger partial charge in [-0.05, 0) is 41.9 Å². The number of benzene rings is 6. The maximum absolute atomic E-state index is 14.2. The Morgan fingerprint density at radius 1 is 0.422 bits per heavy atom. The van der Waals surface area contributed by atoms with E-state index in [1.165, 1.54) is 0 Å². The van der Waals surface area contributed by atoms with E-state index < -0.39 is 195 Å². The number of hydrogen-bond donors (Lipinski definition) is 0. The molecule has 0 unspecified atom stereocenters. The van der Waals surface area contributed by atoms with Crippen molar-refractivity contribution in [3.05, 3.63) is 218 Å². The van der Waals surface area contributed by atoms with Gasteiger partial charge in [0, 0.05) is 34.5 Å². The number of halogens is 24. The van der Waals surface area contributed by atoms with E-state index in [9.17, 15) is 110 Å². The van der Waals surface area contributed by atoms with Crippen molar-refractivity contribution >= 4 is 44.7 Å². The second-order valence-electron chi connectivity index (χ2n) is 18.1. The normalized spacial score (nSPS) is 13.2. The van der Waals surface area contributed by atoms with Gasteiger partial charge in [-0.3, -0.25) is 4.79 Å². The van der Waals surface area contributed by atoms with Crippen LogP contribution in [0.1, 0.15) is 60.6 Å². The van der Waals surface area contributed by atoms with Gasteiger partial charge in [0.05, 0.1) is 50.9 Å². The molecule has 0 radical (unpaired) electrons. The third kappa shape index (κ3) is 15.1. The lowest BCUT2D eigenvalue weighted by molar-refractivity contribution is -0.664. The van der Waals surface area contributed by atoms with Crippen LogP contribution in [0, 0.1) is 0 Å². The largest absolute Gasteiger partial charge is 0.416 e. The van der Waals surface area contributed by atoms with Gasteiger partial charge in [-0.1, -0.05) is 108 Å². The molecular weight excluding hydrogens is 1180 g/mol. The van der Waals surface area contributed by atoms with Gasteiger partial charge in [0.25, 0.3) is 0 Å². The van der Waals surface area contributed by atoms with E-state index in [4.69, 9.17) is 5.53 Å². The lowest BCUT2D eigenvalue weighted by atomic mass is 9.12. The Labute approximate surface area is 450 Å². The summed E-state index contributed by atoms with van der Waals surface area (Å²) in [5, 5.41) is 4.59. The van der Waals surface area contributed by atoms with Gasteiger partial charge in [0.15, 0.2) is 5.69 Å². The van der Waals surface area contributed by atoms with Crippen molar-refractivity contribution in [2.45, 2.75) is 62.4 Å². The Balaban J connectivity index is 0.000000352. The van der Waals surface area contributed by atoms with Gasteiger partial charge in [0.2, 0.25) is 17.8 Å². The zero-order chi connectivity index (χ0) is 62.1. The zero-order valence-electron chi connectivity index (χ0n) is 40.9. The maximum Gasteiger partial charge on any atom is 0.416 e. The smallest absolute Gasteiger partial charge is 0.287 e. The van der Waals surface area contributed by atoms with E-state index in [-0.39, 0.29) is 12.3 Å². The zero-order valence-corrected chi connectivity index (χ0v) is 40.9. The number of pyridine rings is 1. The average Bonchev–Trinajstić information content (AvgIpc) is 1.08. The van der Waals surface area contributed by atoms with Crippen LogP contribution in [-0.4, -0.2) is 18.5 Å². The summed E-state index contributed by atoms with van der Waals surface area (Å²) in [4.78, 5) is 15.5. The number of carbonyl (C=O) groups is 1. The molecule has 1 heterocycles. The monoisotopic (exact) mass is 1210 g/mol. The lowest BCUT2D eigenvalue weighted by Crippen LogP contribution is -2.75. The number of ketones is 1. The van der Waals surface area contributed by atoms with Crippen molar-refractivity contribution in [3.8, 4) is 0 Å². The highest BCUT2D eigenvalue weighted by atomic mass is 19.4. The van der Waals surface area contributed by atoms with Gasteiger partial charge in [0.1, 0.15) is 6.15 Å². The summed E-state index contributed by atoms with van der Waals surface area (Å²) in [5.41, 5.74) is -19.1. The molecule has 0 spiro atoms. The van der Waals surface area contributed by atoms with Crippen LogP contribution in [0.5, 0.6) is 0 Å². The van der Waals surface area contributed by atoms with Crippen LogP contribution < -0.4 is 26.4 Å². The average molecular weight is 1210 g/mol. The minimum Gasteiger partial charge on any atom is -0.287 e. The Bertz CT molecular complexity index is 3150. The molecule has 7 rings (SSSR count). The second kappa shape index (κ2) is 23.2. The van der Waals surface area contributed by atoms with Crippen LogP contribution in [-0.2, 0) is 62.4 Å². The summed E-state index contributed by atoms with van der Waals surface area (Å²) in [6.07, 6.45) is -50.4. The van der Waals surface area contributed by atoms with Crippen molar-refractivity contribution < 1.29 is 115 Å². The number of hydrogen-bond acceptors (Lipinski definition) is 2. The fraction of sp³-hybridized carbons (Fsp3) is 0.208. The molecule has 0 aliphatic rings. The van der Waals surface area contributed by atoms with E-state index in [1.54, 1.807) is 0 Å². The second-order valence-corrected chi connectivity index (χ2v) is 18.1. The molecule has 0 saturated heterocycles. The van der Waals surface area contributed by atoms with Crippen molar-refractivity contribution in [1.29, 1.82) is 0 Å². The molecule has 30 heteroatoms. The molecule has 0 aliphatic carbocycles. The predicted molar refractivity (Wildman–Crippen MR) is 252 cm³/mol. The van der Waals surface area contributed by atoms with Crippen LogP contribution in [0.15, 0.2) is 157 Å². The van der Waals surface area contributed by atoms with E-state index >= 15 is 0 Å². The van der Waals surface area contributed by atoms with Gasteiger partial charge in [-0.25, -0.2) is 0 Å². The van der Waals surface area contributed by atoms with Crippen molar-refractivity contribution in [2.75, 3.05) is 6.54 Å². The number of Topliss-reactive ketones (excluding diaryl/α,β-unsaturated/α-hetero) is 1. The minimum absolute atomic E-state index is 0.0752.